The fourth-order valence-electron chi connectivity index (χ4n) is 1.24. The summed E-state index contributed by atoms with van der Waals surface area (Å²) in [6.45, 7) is 1.80. The Balaban J connectivity index is 2.18. The van der Waals surface area contributed by atoms with Crippen molar-refractivity contribution in [3.63, 3.8) is 0 Å². The first kappa shape index (κ1) is 10.6. The van der Waals surface area contributed by atoms with Crippen molar-refractivity contribution < 1.29 is 9.90 Å². The highest BCUT2D eigenvalue weighted by Crippen LogP contribution is 2.20. The van der Waals surface area contributed by atoms with E-state index in [1.54, 1.807) is 24.4 Å². The normalized spacial score (nSPS) is 10.1. The first-order valence-corrected chi connectivity index (χ1v) is 5.38. The zero-order chi connectivity index (χ0) is 11.5. The average Bonchev–Trinajstić information content (AvgIpc) is 2.75. The predicted octanol–water partition coefficient (Wildman–Crippen LogP) is 1.80. The third kappa shape index (κ3) is 2.17. The summed E-state index contributed by atoms with van der Waals surface area (Å²) in [4.78, 5) is 11.6. The van der Waals surface area contributed by atoms with Gasteiger partial charge in [0.2, 0.25) is 0 Å². The minimum absolute atomic E-state index is 0.172. The fourth-order valence-corrected chi connectivity index (χ4v) is 1.67. The van der Waals surface area contributed by atoms with Crippen LogP contribution in [0, 0.1) is 6.92 Å². The molecule has 0 aliphatic carbocycles. The number of phenols is 1. The quantitative estimate of drug-likeness (QED) is 0.778. The molecule has 2 rings (SSSR count). The van der Waals surface area contributed by atoms with E-state index in [-0.39, 0.29) is 17.4 Å². The van der Waals surface area contributed by atoms with E-state index in [4.69, 9.17) is 0 Å². The molecule has 1 heterocycles. The van der Waals surface area contributed by atoms with E-state index in [9.17, 15) is 9.90 Å². The molecule has 0 unspecified atom stereocenters. The Kier molecular flexibility index (Phi) is 2.82. The number of carbonyl (C=O) groups is 1. The lowest BCUT2D eigenvalue weighted by molar-refractivity contribution is 0.102. The minimum Gasteiger partial charge on any atom is -0.508 e. The third-order valence-electron chi connectivity index (χ3n) is 2.05. The highest BCUT2D eigenvalue weighted by molar-refractivity contribution is 7.03. The molecule has 0 bridgehead atoms. The topological polar surface area (TPSA) is 75.1 Å². The maximum Gasteiger partial charge on any atom is 0.277 e. The van der Waals surface area contributed by atoms with Crippen LogP contribution in [-0.4, -0.2) is 20.6 Å². The van der Waals surface area contributed by atoms with E-state index >= 15 is 0 Å². The van der Waals surface area contributed by atoms with E-state index in [0.717, 1.165) is 17.1 Å². The van der Waals surface area contributed by atoms with Gasteiger partial charge in [0.25, 0.3) is 5.91 Å². The lowest BCUT2D eigenvalue weighted by atomic mass is 10.2. The highest BCUT2D eigenvalue weighted by Gasteiger charge is 2.10. The van der Waals surface area contributed by atoms with Gasteiger partial charge in [-0.3, -0.25) is 4.79 Å². The number of anilines is 1. The van der Waals surface area contributed by atoms with Crippen LogP contribution in [-0.2, 0) is 0 Å². The molecule has 0 saturated carbocycles. The van der Waals surface area contributed by atoms with Crippen molar-refractivity contribution in [1.29, 1.82) is 0 Å². The Morgan fingerprint density at radius 1 is 1.50 bits per heavy atom. The largest absolute Gasteiger partial charge is 0.508 e. The van der Waals surface area contributed by atoms with Gasteiger partial charge >= 0.3 is 0 Å². The SMILES string of the molecule is Cc1cc(O)ccc1NC(=O)c1csnn1. The van der Waals surface area contributed by atoms with Crippen LogP contribution in [0.3, 0.4) is 0 Å². The molecule has 0 spiro atoms. The number of aromatic nitrogens is 2. The Morgan fingerprint density at radius 2 is 2.31 bits per heavy atom. The van der Waals surface area contributed by atoms with Crippen molar-refractivity contribution in [2.75, 3.05) is 5.32 Å². The molecule has 0 aliphatic heterocycles. The van der Waals surface area contributed by atoms with E-state index < -0.39 is 0 Å². The molecule has 82 valence electrons. The summed E-state index contributed by atoms with van der Waals surface area (Å²) < 4.78 is 3.61. The number of hydrogen-bond donors (Lipinski definition) is 2. The summed E-state index contributed by atoms with van der Waals surface area (Å²) in [6, 6.07) is 4.74. The minimum atomic E-state index is -0.303. The van der Waals surface area contributed by atoms with Gasteiger partial charge in [0.05, 0.1) is 0 Å². The van der Waals surface area contributed by atoms with E-state index in [1.807, 2.05) is 0 Å². The van der Waals surface area contributed by atoms with Crippen LogP contribution in [0.2, 0.25) is 0 Å². The maximum atomic E-state index is 11.6. The second kappa shape index (κ2) is 4.28. The molecule has 2 aromatic rings. The molecule has 6 heteroatoms. The number of benzene rings is 1. The number of nitrogens with zero attached hydrogens (tertiary/aromatic N) is 2. The molecule has 1 amide bonds. The third-order valence-corrected chi connectivity index (χ3v) is 2.56. The van der Waals surface area contributed by atoms with Gasteiger partial charge in [-0.1, -0.05) is 4.49 Å². The fraction of sp³-hybridized carbons (Fsp3) is 0.100. The van der Waals surface area contributed by atoms with Gasteiger partial charge in [0, 0.05) is 11.1 Å². The lowest BCUT2D eigenvalue weighted by Crippen LogP contribution is -2.13. The van der Waals surface area contributed by atoms with Crippen molar-refractivity contribution in [3.8, 4) is 5.75 Å². The molecular weight excluding hydrogens is 226 g/mol. The molecule has 5 nitrogen and oxygen atoms in total. The van der Waals surface area contributed by atoms with Gasteiger partial charge in [-0.2, -0.15) is 0 Å². The van der Waals surface area contributed by atoms with Gasteiger partial charge in [-0.05, 0) is 42.2 Å². The molecule has 2 N–H and O–H groups in total. The zero-order valence-corrected chi connectivity index (χ0v) is 9.28. The first-order chi connectivity index (χ1) is 7.66. The highest BCUT2D eigenvalue weighted by atomic mass is 32.1. The summed E-state index contributed by atoms with van der Waals surface area (Å²) in [5.41, 5.74) is 1.73. The second-order valence-electron chi connectivity index (χ2n) is 3.24. The average molecular weight is 235 g/mol. The molecular formula is C10H9N3O2S. The van der Waals surface area contributed by atoms with Crippen molar-refractivity contribution in [3.05, 3.63) is 34.8 Å². The van der Waals surface area contributed by atoms with Crippen molar-refractivity contribution in [2.24, 2.45) is 0 Å². The van der Waals surface area contributed by atoms with Crippen molar-refractivity contribution in [2.45, 2.75) is 6.92 Å². The summed E-state index contributed by atoms with van der Waals surface area (Å²) in [5, 5.41) is 17.2. The monoisotopic (exact) mass is 235 g/mol. The van der Waals surface area contributed by atoms with E-state index in [2.05, 4.69) is 14.9 Å². The van der Waals surface area contributed by atoms with Crippen LogP contribution in [0.15, 0.2) is 23.6 Å². The van der Waals surface area contributed by atoms with Crippen LogP contribution < -0.4 is 5.32 Å². The summed E-state index contributed by atoms with van der Waals surface area (Å²) in [7, 11) is 0. The number of aromatic hydroxyl groups is 1. The Labute approximate surface area is 95.9 Å². The predicted molar refractivity (Wildman–Crippen MR) is 60.7 cm³/mol. The lowest BCUT2D eigenvalue weighted by Gasteiger charge is -2.06. The summed E-state index contributed by atoms with van der Waals surface area (Å²) in [6.07, 6.45) is 0. The van der Waals surface area contributed by atoms with Gasteiger partial charge in [-0.15, -0.1) is 5.10 Å². The Hall–Kier alpha value is -1.95. The maximum absolute atomic E-state index is 11.6. The van der Waals surface area contributed by atoms with Crippen molar-refractivity contribution >= 4 is 23.1 Å². The van der Waals surface area contributed by atoms with Crippen LogP contribution in [0.1, 0.15) is 16.1 Å². The molecule has 0 atom stereocenters. The van der Waals surface area contributed by atoms with Crippen LogP contribution in [0.4, 0.5) is 5.69 Å². The van der Waals surface area contributed by atoms with Crippen LogP contribution in [0.25, 0.3) is 0 Å². The van der Waals surface area contributed by atoms with Gasteiger partial charge in [0.1, 0.15) is 5.75 Å². The molecule has 1 aromatic heterocycles. The van der Waals surface area contributed by atoms with E-state index in [0.29, 0.717) is 5.69 Å². The number of rotatable bonds is 2. The molecule has 0 radical (unpaired) electrons. The van der Waals surface area contributed by atoms with Gasteiger partial charge in [-0.25, -0.2) is 0 Å². The molecule has 1 aromatic carbocycles. The zero-order valence-electron chi connectivity index (χ0n) is 8.47. The molecule has 0 saturated heterocycles. The number of phenolic OH excluding ortho intramolecular Hbond substituents is 1. The number of carbonyl (C=O) groups excluding carboxylic acids is 1. The summed E-state index contributed by atoms with van der Waals surface area (Å²) in [5.74, 6) is -0.131. The molecule has 0 aliphatic rings. The Morgan fingerprint density at radius 3 is 2.94 bits per heavy atom. The molecule has 0 fully saturated rings. The second-order valence-corrected chi connectivity index (χ2v) is 3.85. The van der Waals surface area contributed by atoms with Crippen molar-refractivity contribution in [1.82, 2.24) is 9.59 Å². The van der Waals surface area contributed by atoms with Gasteiger partial charge in [0.15, 0.2) is 5.69 Å². The van der Waals surface area contributed by atoms with Crippen LogP contribution in [0.5, 0.6) is 5.75 Å². The van der Waals surface area contributed by atoms with E-state index in [1.165, 1.54) is 6.07 Å². The Bertz CT molecular complexity index is 511. The molecule has 16 heavy (non-hydrogen) atoms. The first-order valence-electron chi connectivity index (χ1n) is 4.55. The van der Waals surface area contributed by atoms with Gasteiger partial charge < -0.3 is 10.4 Å². The summed E-state index contributed by atoms with van der Waals surface area (Å²) >= 11 is 1.12. The standard InChI is InChI=1S/C10H9N3O2S/c1-6-4-7(14)2-3-8(6)11-10(15)9-5-16-13-12-9/h2-5,14H,1H3,(H,11,15). The number of nitrogens with one attached hydrogen (secondary N) is 1. The number of amides is 1. The number of hydrogen-bond acceptors (Lipinski definition) is 5. The van der Waals surface area contributed by atoms with Crippen LogP contribution >= 0.6 is 11.5 Å². The number of aryl methyl sites for hydroxylation is 1. The smallest absolute Gasteiger partial charge is 0.277 e.